The molecule has 8 nitrogen and oxygen atoms in total. The fourth-order valence-electron chi connectivity index (χ4n) is 4.06. The van der Waals surface area contributed by atoms with Crippen molar-refractivity contribution in [2.24, 2.45) is 11.7 Å². The lowest BCUT2D eigenvalue weighted by Gasteiger charge is -2.30. The summed E-state index contributed by atoms with van der Waals surface area (Å²) in [5, 5.41) is 16.9. The molecule has 2 heterocycles. The molecule has 0 radical (unpaired) electrons. The third-order valence-electron chi connectivity index (χ3n) is 5.87. The smallest absolute Gasteiger partial charge is 0.225 e. The SMILES string of the molecule is CC(C)(CO)Nc1ncc2nc(Nc3cccc(Cl)c3)n([C@H]3CC[C@H](CN)CC3)c2n1. The number of imidazole rings is 1. The Balaban J connectivity index is 1.74. The molecule has 0 saturated heterocycles. The Hall–Kier alpha value is -2.42. The first-order chi connectivity index (χ1) is 14.9. The van der Waals surface area contributed by atoms with E-state index in [1.807, 2.05) is 38.1 Å². The Morgan fingerprint density at radius 2 is 2.00 bits per heavy atom. The molecule has 3 aromatic rings. The number of aromatic nitrogens is 4. The number of aliphatic hydroxyl groups is 1. The molecule has 1 aliphatic carbocycles. The first kappa shape index (κ1) is 21.8. The highest BCUT2D eigenvalue weighted by Gasteiger charge is 2.27. The number of aliphatic hydroxyl groups excluding tert-OH is 1. The zero-order valence-corrected chi connectivity index (χ0v) is 18.7. The molecule has 1 fully saturated rings. The minimum absolute atomic E-state index is 0.0294. The highest BCUT2D eigenvalue weighted by atomic mass is 35.5. The minimum Gasteiger partial charge on any atom is -0.394 e. The standard InChI is InChI=1S/C22H30ClN7O/c1-22(2,13-31)29-20-25-12-18-19(28-20)30(17-8-6-14(11-24)7-9-17)21(27-18)26-16-5-3-4-15(23)10-16/h3-5,10,12,14,17,31H,6-9,11,13,24H2,1-2H3,(H,26,27)(H,25,28,29)/t14-,17-. The third kappa shape index (κ3) is 4.92. The summed E-state index contributed by atoms with van der Waals surface area (Å²) >= 11 is 6.18. The van der Waals surface area contributed by atoms with E-state index in [0.717, 1.165) is 55.0 Å². The van der Waals surface area contributed by atoms with Crippen molar-refractivity contribution in [3.63, 3.8) is 0 Å². The molecule has 0 unspecified atom stereocenters. The van der Waals surface area contributed by atoms with E-state index in [4.69, 9.17) is 27.3 Å². The number of hydrogen-bond acceptors (Lipinski definition) is 7. The average Bonchev–Trinajstić information content (AvgIpc) is 3.10. The molecule has 31 heavy (non-hydrogen) atoms. The van der Waals surface area contributed by atoms with Gasteiger partial charge >= 0.3 is 0 Å². The fraction of sp³-hybridized carbons (Fsp3) is 0.500. The van der Waals surface area contributed by atoms with Crippen LogP contribution >= 0.6 is 11.6 Å². The van der Waals surface area contributed by atoms with E-state index in [1.165, 1.54) is 0 Å². The zero-order valence-electron chi connectivity index (χ0n) is 18.0. The quantitative estimate of drug-likeness (QED) is 0.434. The molecule has 2 aromatic heterocycles. The predicted octanol–water partition coefficient (Wildman–Crippen LogP) is 4.10. The molecule has 1 aliphatic rings. The average molecular weight is 444 g/mol. The normalized spacial score (nSPS) is 19.5. The highest BCUT2D eigenvalue weighted by molar-refractivity contribution is 6.30. The monoisotopic (exact) mass is 443 g/mol. The molecule has 4 rings (SSSR count). The lowest BCUT2D eigenvalue weighted by atomic mass is 9.86. The lowest BCUT2D eigenvalue weighted by molar-refractivity contribution is 0.233. The van der Waals surface area contributed by atoms with E-state index >= 15 is 0 Å². The highest BCUT2D eigenvalue weighted by Crippen LogP contribution is 2.37. The number of hydrogen-bond donors (Lipinski definition) is 4. The maximum absolute atomic E-state index is 9.60. The van der Waals surface area contributed by atoms with Gasteiger partial charge < -0.3 is 21.5 Å². The molecule has 9 heteroatoms. The van der Waals surface area contributed by atoms with E-state index in [9.17, 15) is 5.11 Å². The van der Waals surface area contributed by atoms with Crippen LogP contribution in [-0.2, 0) is 0 Å². The van der Waals surface area contributed by atoms with Crippen LogP contribution in [0.1, 0.15) is 45.6 Å². The van der Waals surface area contributed by atoms with Crippen molar-refractivity contribution in [2.45, 2.75) is 51.1 Å². The molecular weight excluding hydrogens is 414 g/mol. The lowest BCUT2D eigenvalue weighted by Crippen LogP contribution is -2.35. The van der Waals surface area contributed by atoms with Crippen LogP contribution in [0, 0.1) is 5.92 Å². The second-order valence-corrected chi connectivity index (χ2v) is 9.36. The third-order valence-corrected chi connectivity index (χ3v) is 6.11. The molecule has 1 aromatic carbocycles. The zero-order chi connectivity index (χ0) is 22.0. The van der Waals surface area contributed by atoms with Crippen LogP contribution in [0.5, 0.6) is 0 Å². The number of benzene rings is 1. The number of halogens is 1. The van der Waals surface area contributed by atoms with Crippen LogP contribution in [0.4, 0.5) is 17.6 Å². The van der Waals surface area contributed by atoms with E-state index in [1.54, 1.807) is 6.20 Å². The van der Waals surface area contributed by atoms with Gasteiger partial charge in [-0.05, 0) is 70.2 Å². The summed E-state index contributed by atoms with van der Waals surface area (Å²) in [6.07, 6.45) is 5.94. The van der Waals surface area contributed by atoms with Crippen LogP contribution < -0.4 is 16.4 Å². The van der Waals surface area contributed by atoms with Crippen LogP contribution in [-0.4, -0.2) is 43.3 Å². The molecule has 0 atom stereocenters. The van der Waals surface area contributed by atoms with E-state index in [2.05, 4.69) is 20.2 Å². The van der Waals surface area contributed by atoms with Crippen molar-refractivity contribution in [3.05, 3.63) is 35.5 Å². The fourth-order valence-corrected chi connectivity index (χ4v) is 4.25. The molecule has 0 spiro atoms. The molecule has 166 valence electrons. The summed E-state index contributed by atoms with van der Waals surface area (Å²) in [4.78, 5) is 14.0. The Labute approximate surface area is 187 Å². The van der Waals surface area contributed by atoms with Crippen molar-refractivity contribution >= 4 is 40.3 Å². The van der Waals surface area contributed by atoms with E-state index in [0.29, 0.717) is 16.9 Å². The number of nitrogens with two attached hydrogens (primary N) is 1. The number of nitrogens with zero attached hydrogens (tertiary/aromatic N) is 4. The first-order valence-corrected chi connectivity index (χ1v) is 11.1. The van der Waals surface area contributed by atoms with Crippen LogP contribution in [0.25, 0.3) is 11.2 Å². The van der Waals surface area contributed by atoms with Gasteiger partial charge in [0, 0.05) is 16.8 Å². The van der Waals surface area contributed by atoms with Gasteiger partial charge in [-0.3, -0.25) is 4.57 Å². The van der Waals surface area contributed by atoms with Gasteiger partial charge in [0.05, 0.1) is 18.3 Å². The van der Waals surface area contributed by atoms with Gasteiger partial charge in [-0.2, -0.15) is 4.98 Å². The Bertz CT molecular complexity index is 1040. The summed E-state index contributed by atoms with van der Waals surface area (Å²) in [6.45, 7) is 4.51. The maximum atomic E-state index is 9.60. The van der Waals surface area contributed by atoms with Crippen LogP contribution in [0.2, 0.25) is 5.02 Å². The largest absolute Gasteiger partial charge is 0.394 e. The van der Waals surface area contributed by atoms with E-state index < -0.39 is 5.54 Å². The van der Waals surface area contributed by atoms with Crippen LogP contribution in [0.15, 0.2) is 30.5 Å². The minimum atomic E-state index is -0.528. The summed E-state index contributed by atoms with van der Waals surface area (Å²) in [5.41, 5.74) is 7.73. The van der Waals surface area contributed by atoms with Gasteiger partial charge in [-0.25, -0.2) is 9.97 Å². The molecule has 5 N–H and O–H groups in total. The molecule has 0 aliphatic heterocycles. The van der Waals surface area contributed by atoms with Crippen molar-refractivity contribution in [1.82, 2.24) is 19.5 Å². The first-order valence-electron chi connectivity index (χ1n) is 10.7. The summed E-state index contributed by atoms with van der Waals surface area (Å²) < 4.78 is 2.18. The molecule has 0 bridgehead atoms. The summed E-state index contributed by atoms with van der Waals surface area (Å²) in [6, 6.07) is 7.85. The van der Waals surface area contributed by atoms with Gasteiger partial charge in [0.15, 0.2) is 5.65 Å². The van der Waals surface area contributed by atoms with Crippen molar-refractivity contribution in [1.29, 1.82) is 0 Å². The Kier molecular flexibility index (Phi) is 6.31. The van der Waals surface area contributed by atoms with E-state index in [-0.39, 0.29) is 12.6 Å². The van der Waals surface area contributed by atoms with Gasteiger partial charge in [0.25, 0.3) is 0 Å². The predicted molar refractivity (Wildman–Crippen MR) is 125 cm³/mol. The molecule has 1 saturated carbocycles. The summed E-state index contributed by atoms with van der Waals surface area (Å²) in [5.74, 6) is 1.77. The maximum Gasteiger partial charge on any atom is 0.225 e. The van der Waals surface area contributed by atoms with Gasteiger partial charge in [-0.1, -0.05) is 17.7 Å². The van der Waals surface area contributed by atoms with Crippen LogP contribution in [0.3, 0.4) is 0 Å². The second-order valence-electron chi connectivity index (χ2n) is 8.92. The van der Waals surface area contributed by atoms with Gasteiger partial charge in [0.1, 0.15) is 5.52 Å². The van der Waals surface area contributed by atoms with Crippen molar-refractivity contribution in [2.75, 3.05) is 23.8 Å². The number of rotatable bonds is 7. The molecule has 0 amide bonds. The van der Waals surface area contributed by atoms with Gasteiger partial charge in [0.2, 0.25) is 11.9 Å². The molecular formula is C22H30ClN7O. The number of fused-ring (bicyclic) bond motifs is 1. The number of anilines is 3. The Morgan fingerprint density at radius 1 is 1.23 bits per heavy atom. The summed E-state index contributed by atoms with van der Waals surface area (Å²) in [7, 11) is 0. The topological polar surface area (TPSA) is 114 Å². The van der Waals surface area contributed by atoms with Crippen molar-refractivity contribution < 1.29 is 5.11 Å². The Morgan fingerprint density at radius 3 is 2.68 bits per heavy atom. The van der Waals surface area contributed by atoms with Crippen molar-refractivity contribution in [3.8, 4) is 0 Å². The number of nitrogens with one attached hydrogen (secondary N) is 2. The second kappa shape index (κ2) is 8.98. The van der Waals surface area contributed by atoms with Gasteiger partial charge in [-0.15, -0.1) is 0 Å².